The van der Waals surface area contributed by atoms with Gasteiger partial charge in [-0.25, -0.2) is 21.8 Å². The zero-order valence-electron chi connectivity index (χ0n) is 13.6. The molecule has 1 aromatic carbocycles. The Balaban J connectivity index is 1.83. The van der Waals surface area contributed by atoms with Crippen LogP contribution in [0.5, 0.6) is 0 Å². The lowest BCUT2D eigenvalue weighted by Gasteiger charge is -2.33. The molecule has 10 heteroatoms. The van der Waals surface area contributed by atoms with Gasteiger partial charge in [0.2, 0.25) is 20.0 Å². The van der Waals surface area contributed by atoms with Gasteiger partial charge in [0.05, 0.1) is 21.7 Å². The fourth-order valence-corrected chi connectivity index (χ4v) is 5.33. The van der Waals surface area contributed by atoms with E-state index < -0.39 is 20.0 Å². The van der Waals surface area contributed by atoms with Crippen LogP contribution in [-0.2, 0) is 20.0 Å². The number of imidazole rings is 1. The molecule has 0 atom stereocenters. The summed E-state index contributed by atoms with van der Waals surface area (Å²) in [5.74, 6) is 0.744. The minimum absolute atomic E-state index is 0.0234. The number of piperazine rings is 1. The molecule has 1 N–H and O–H groups in total. The second-order valence-electron chi connectivity index (χ2n) is 5.70. The van der Waals surface area contributed by atoms with Gasteiger partial charge < -0.3 is 4.98 Å². The number of aromatic amines is 1. The maximum atomic E-state index is 12.8. The number of hydrogen-bond acceptors (Lipinski definition) is 5. The molecule has 2 heterocycles. The predicted molar refractivity (Wildman–Crippen MR) is 90.6 cm³/mol. The molecule has 1 fully saturated rings. The van der Waals surface area contributed by atoms with Crippen LogP contribution in [-0.4, -0.2) is 67.3 Å². The number of hydrogen-bond donors (Lipinski definition) is 1. The van der Waals surface area contributed by atoms with Gasteiger partial charge in [0.1, 0.15) is 5.82 Å². The highest BCUT2D eigenvalue weighted by Gasteiger charge is 2.32. The summed E-state index contributed by atoms with van der Waals surface area (Å²) < 4.78 is 52.0. The number of aryl methyl sites for hydroxylation is 1. The predicted octanol–water partition coefficient (Wildman–Crippen LogP) is 0.527. The average molecular weight is 372 g/mol. The van der Waals surface area contributed by atoms with Crippen LogP contribution in [0.1, 0.15) is 12.7 Å². The molecular weight excluding hydrogens is 352 g/mol. The van der Waals surface area contributed by atoms with Crippen molar-refractivity contribution in [2.45, 2.75) is 18.7 Å². The summed E-state index contributed by atoms with van der Waals surface area (Å²) in [4.78, 5) is 7.47. The summed E-state index contributed by atoms with van der Waals surface area (Å²) in [5.41, 5.74) is 1.38. The first-order valence-corrected chi connectivity index (χ1v) is 10.7. The quantitative estimate of drug-likeness (QED) is 0.843. The van der Waals surface area contributed by atoms with Crippen LogP contribution >= 0.6 is 0 Å². The maximum Gasteiger partial charge on any atom is 0.243 e. The normalized spacial score (nSPS) is 18.2. The Labute approximate surface area is 141 Å². The number of aromatic nitrogens is 2. The number of nitrogens with one attached hydrogen (secondary N) is 1. The number of rotatable bonds is 4. The Bertz CT molecular complexity index is 958. The van der Waals surface area contributed by atoms with E-state index >= 15 is 0 Å². The molecule has 1 aliphatic heterocycles. The Morgan fingerprint density at radius 1 is 1.08 bits per heavy atom. The number of sulfonamides is 2. The highest BCUT2D eigenvalue weighted by Crippen LogP contribution is 2.22. The van der Waals surface area contributed by atoms with Crippen LogP contribution in [0.3, 0.4) is 0 Å². The molecule has 0 radical (unpaired) electrons. The van der Waals surface area contributed by atoms with Crippen molar-refractivity contribution in [2.75, 3.05) is 31.9 Å². The molecule has 0 saturated carbocycles. The van der Waals surface area contributed by atoms with Crippen LogP contribution in [0.25, 0.3) is 11.0 Å². The van der Waals surface area contributed by atoms with Gasteiger partial charge in [0, 0.05) is 26.2 Å². The monoisotopic (exact) mass is 372 g/mol. The van der Waals surface area contributed by atoms with E-state index in [1.165, 1.54) is 14.7 Å². The third-order valence-electron chi connectivity index (χ3n) is 4.17. The van der Waals surface area contributed by atoms with Crippen molar-refractivity contribution < 1.29 is 16.8 Å². The highest BCUT2D eigenvalue weighted by atomic mass is 32.2. The average Bonchev–Trinajstić information content (AvgIpc) is 2.94. The third-order valence-corrected chi connectivity index (χ3v) is 7.94. The van der Waals surface area contributed by atoms with E-state index in [2.05, 4.69) is 9.97 Å². The molecule has 24 heavy (non-hydrogen) atoms. The smallest absolute Gasteiger partial charge is 0.243 e. The molecule has 2 aromatic rings. The fraction of sp³-hybridized carbons (Fsp3) is 0.500. The first kappa shape index (κ1) is 17.3. The Morgan fingerprint density at radius 3 is 2.33 bits per heavy atom. The SMILES string of the molecule is CCS(=O)(=O)N1CCN(S(=O)(=O)c2ccc3nc(C)[nH]c3c2)CC1. The van der Waals surface area contributed by atoms with Crippen LogP contribution in [0.2, 0.25) is 0 Å². The minimum Gasteiger partial charge on any atom is -0.342 e. The second-order valence-corrected chi connectivity index (χ2v) is 9.90. The summed E-state index contributed by atoms with van der Waals surface area (Å²) in [7, 11) is -6.94. The topological polar surface area (TPSA) is 103 Å². The number of nitrogens with zero attached hydrogens (tertiary/aromatic N) is 3. The largest absolute Gasteiger partial charge is 0.342 e. The zero-order valence-corrected chi connectivity index (χ0v) is 15.2. The Kier molecular flexibility index (Phi) is 4.41. The van der Waals surface area contributed by atoms with Gasteiger partial charge in [-0.1, -0.05) is 0 Å². The molecule has 0 bridgehead atoms. The van der Waals surface area contributed by atoms with Crippen LogP contribution in [0.4, 0.5) is 0 Å². The molecular formula is C14H20N4O4S2. The molecule has 1 saturated heterocycles. The van der Waals surface area contributed by atoms with Gasteiger partial charge in [-0.2, -0.15) is 8.61 Å². The lowest BCUT2D eigenvalue weighted by atomic mass is 10.3. The van der Waals surface area contributed by atoms with Crippen molar-refractivity contribution in [3.63, 3.8) is 0 Å². The first-order chi connectivity index (χ1) is 11.2. The molecule has 132 valence electrons. The lowest BCUT2D eigenvalue weighted by Crippen LogP contribution is -2.50. The van der Waals surface area contributed by atoms with E-state index in [0.717, 1.165) is 5.82 Å². The summed E-state index contributed by atoms with van der Waals surface area (Å²) in [6, 6.07) is 4.77. The van der Waals surface area contributed by atoms with Crippen LogP contribution < -0.4 is 0 Å². The fourth-order valence-electron chi connectivity index (χ4n) is 2.80. The molecule has 0 amide bonds. The summed E-state index contributed by atoms with van der Waals surface area (Å²) in [6.45, 7) is 4.06. The van der Waals surface area contributed by atoms with Crippen molar-refractivity contribution in [1.82, 2.24) is 18.6 Å². The summed E-state index contributed by atoms with van der Waals surface area (Å²) in [6.07, 6.45) is 0. The number of benzene rings is 1. The minimum atomic E-state index is -3.66. The molecule has 8 nitrogen and oxygen atoms in total. The van der Waals surface area contributed by atoms with Crippen molar-refractivity contribution >= 4 is 31.1 Å². The van der Waals surface area contributed by atoms with E-state index in [1.54, 1.807) is 19.1 Å². The molecule has 1 aromatic heterocycles. The Hall–Kier alpha value is -1.49. The van der Waals surface area contributed by atoms with Gasteiger partial charge in [0.25, 0.3) is 0 Å². The van der Waals surface area contributed by atoms with Crippen molar-refractivity contribution in [3.05, 3.63) is 24.0 Å². The van der Waals surface area contributed by atoms with E-state index in [9.17, 15) is 16.8 Å². The zero-order chi connectivity index (χ0) is 17.5. The standard InChI is InChI=1S/C14H20N4O4S2/c1-3-23(19,20)17-6-8-18(9-7-17)24(21,22)12-4-5-13-14(10-12)16-11(2)15-13/h4-5,10H,3,6-9H2,1-2H3,(H,15,16). The number of H-pyrrole nitrogens is 1. The molecule has 0 unspecified atom stereocenters. The molecule has 0 spiro atoms. The van der Waals surface area contributed by atoms with E-state index in [4.69, 9.17) is 0 Å². The molecule has 1 aliphatic rings. The lowest BCUT2D eigenvalue weighted by molar-refractivity contribution is 0.273. The van der Waals surface area contributed by atoms with E-state index in [1.807, 2.05) is 6.92 Å². The maximum absolute atomic E-state index is 12.8. The number of fused-ring (bicyclic) bond motifs is 1. The highest BCUT2D eigenvalue weighted by molar-refractivity contribution is 7.89. The summed E-state index contributed by atoms with van der Waals surface area (Å²) in [5, 5.41) is 0. The third kappa shape index (κ3) is 3.06. The van der Waals surface area contributed by atoms with Crippen LogP contribution in [0.15, 0.2) is 23.1 Å². The molecule has 3 rings (SSSR count). The van der Waals surface area contributed by atoms with Gasteiger partial charge >= 0.3 is 0 Å². The van der Waals surface area contributed by atoms with E-state index in [0.29, 0.717) is 11.0 Å². The van der Waals surface area contributed by atoms with Crippen molar-refractivity contribution in [3.8, 4) is 0 Å². The summed E-state index contributed by atoms with van der Waals surface area (Å²) >= 11 is 0. The van der Waals surface area contributed by atoms with Crippen molar-refractivity contribution in [2.24, 2.45) is 0 Å². The van der Waals surface area contributed by atoms with Crippen molar-refractivity contribution in [1.29, 1.82) is 0 Å². The van der Waals surface area contributed by atoms with Gasteiger partial charge in [-0.05, 0) is 32.0 Å². The van der Waals surface area contributed by atoms with Gasteiger partial charge in [-0.15, -0.1) is 0 Å². The van der Waals surface area contributed by atoms with E-state index in [-0.39, 0.29) is 36.8 Å². The van der Waals surface area contributed by atoms with Crippen LogP contribution in [0, 0.1) is 6.92 Å². The Morgan fingerprint density at radius 2 is 1.71 bits per heavy atom. The van der Waals surface area contributed by atoms with Gasteiger partial charge in [0.15, 0.2) is 0 Å². The molecule has 0 aliphatic carbocycles. The van der Waals surface area contributed by atoms with Gasteiger partial charge in [-0.3, -0.25) is 0 Å². The first-order valence-electron chi connectivity index (χ1n) is 7.68. The second kappa shape index (κ2) is 6.10.